The monoisotopic (exact) mass is 166 g/mol. The molecular weight excluding hydrogens is 161 g/mol. The zero-order chi connectivity index (χ0) is 3.41. The van der Waals surface area contributed by atoms with E-state index in [1.165, 1.54) is 12.2 Å². The van der Waals surface area contributed by atoms with Crippen LogP contribution in [0.1, 0.15) is 0 Å². The molecule has 0 bridgehead atoms. The molecule has 0 aromatic rings. The Labute approximate surface area is 41.7 Å². The van der Waals surface area contributed by atoms with Crippen molar-refractivity contribution in [2.45, 2.75) is 6.82 Å². The number of hydrogen-bond donors (Lipinski definition) is 0. The molecule has 0 fully saturated rings. The topological polar surface area (TPSA) is 0 Å². The summed E-state index contributed by atoms with van der Waals surface area (Å²) in [5.74, 6) is 0. The molecular formula is CH5B2I. The first kappa shape index (κ1) is 4.86. The van der Waals surface area contributed by atoms with Gasteiger partial charge in [-0.25, -0.2) is 0 Å². The number of hydrogen-bond acceptors (Lipinski definition) is 0. The van der Waals surface area contributed by atoms with Crippen molar-refractivity contribution in [1.82, 2.24) is 0 Å². The van der Waals surface area contributed by atoms with E-state index in [1.807, 2.05) is 0 Å². The van der Waals surface area contributed by atoms with Gasteiger partial charge in [0.1, 0.15) is 0 Å². The summed E-state index contributed by atoms with van der Waals surface area (Å²) in [5.41, 5.74) is 0. The maximum atomic E-state index is 2.35. The van der Waals surface area contributed by atoms with Crippen molar-refractivity contribution in [1.29, 1.82) is 0 Å². The lowest BCUT2D eigenvalue weighted by atomic mass is 9.58. The summed E-state index contributed by atoms with van der Waals surface area (Å²) in [7, 11) is 1.31. The van der Waals surface area contributed by atoms with Crippen LogP contribution in [0.4, 0.5) is 0 Å². The third kappa shape index (κ3) is 2.86. The van der Waals surface area contributed by atoms with E-state index in [4.69, 9.17) is 0 Å². The lowest BCUT2D eigenvalue weighted by molar-refractivity contribution is 2.37. The maximum Gasteiger partial charge on any atom is 0.164 e. The van der Waals surface area contributed by atoms with E-state index in [0.717, 1.165) is 0 Å². The van der Waals surface area contributed by atoms with Crippen molar-refractivity contribution in [3.8, 4) is 0 Å². The second kappa shape index (κ2) is 3.86. The summed E-state index contributed by atoms with van der Waals surface area (Å²) in [5, 5.41) is 1.29. The molecule has 0 N–H and O–H groups in total. The highest BCUT2D eigenvalue weighted by molar-refractivity contribution is 14.1. The molecule has 0 aromatic carbocycles. The van der Waals surface area contributed by atoms with Gasteiger partial charge in [0.15, 0.2) is 5.03 Å². The number of rotatable bonds is 1. The molecule has 22 valence electrons. The van der Waals surface area contributed by atoms with Crippen molar-refractivity contribution in [2.24, 2.45) is 0 Å². The van der Waals surface area contributed by atoms with Crippen LogP contribution in [0.2, 0.25) is 6.82 Å². The van der Waals surface area contributed by atoms with E-state index in [9.17, 15) is 0 Å². The van der Waals surface area contributed by atoms with Crippen molar-refractivity contribution in [2.75, 3.05) is 0 Å². The van der Waals surface area contributed by atoms with Crippen molar-refractivity contribution < 1.29 is 0 Å². The molecule has 0 radical (unpaired) electrons. The van der Waals surface area contributed by atoms with E-state index < -0.39 is 0 Å². The van der Waals surface area contributed by atoms with Gasteiger partial charge in [0.2, 0.25) is 0 Å². The van der Waals surface area contributed by atoms with Gasteiger partial charge in [0.25, 0.3) is 0 Å². The maximum absolute atomic E-state index is 2.35. The largest absolute Gasteiger partial charge is 0.166 e. The predicted octanol–water partition coefficient (Wildman–Crippen LogP) is 0.172. The van der Waals surface area contributed by atoms with Crippen LogP contribution in [0, 0.1) is 0 Å². The molecule has 3 heteroatoms. The minimum absolute atomic E-state index is 1.29. The summed E-state index contributed by atoms with van der Waals surface area (Å²) in [4.78, 5) is 0. The second-order valence-corrected chi connectivity index (χ2v) is 1.77. The van der Waals surface area contributed by atoms with Gasteiger partial charge < -0.3 is 0 Å². The van der Waals surface area contributed by atoms with Crippen LogP contribution in [0.3, 0.4) is 0 Å². The van der Waals surface area contributed by atoms with Gasteiger partial charge in [-0.2, -0.15) is 22.4 Å². The Morgan fingerprint density at radius 2 is 2.00 bits per heavy atom. The second-order valence-electron chi connectivity index (χ2n) is 0.689. The number of halogens is 1. The Bertz CT molecular complexity index is 8.00. The third-order valence-electron chi connectivity index (χ3n) is 0.189. The first-order valence-corrected chi connectivity index (χ1v) is 3.00. The van der Waals surface area contributed by atoms with Crippen molar-refractivity contribution in [3.05, 3.63) is 0 Å². The van der Waals surface area contributed by atoms with E-state index in [-0.39, 0.29) is 0 Å². The molecule has 0 atom stereocenters. The van der Waals surface area contributed by atoms with Gasteiger partial charge in [-0.3, -0.25) is 0 Å². The van der Waals surface area contributed by atoms with Gasteiger partial charge >= 0.3 is 0 Å². The van der Waals surface area contributed by atoms with Crippen LogP contribution in [-0.4, -0.2) is 12.2 Å². The normalized spacial score (nSPS) is 5.50. The highest BCUT2D eigenvalue weighted by Crippen LogP contribution is 1.66. The Kier molecular flexibility index (Phi) is 4.69. The fourth-order valence-corrected chi connectivity index (χ4v) is 0. The quantitative estimate of drug-likeness (QED) is 0.384. The Balaban J connectivity index is 1.97. The molecule has 0 amide bonds. The first-order chi connectivity index (χ1) is 1.91. The molecule has 0 aliphatic heterocycles. The molecule has 0 aliphatic carbocycles. The van der Waals surface area contributed by atoms with Crippen LogP contribution in [-0.2, 0) is 0 Å². The molecule has 0 heterocycles. The molecule has 0 saturated heterocycles. The molecule has 0 saturated carbocycles. The van der Waals surface area contributed by atoms with Gasteiger partial charge in [-0.1, -0.05) is 6.82 Å². The van der Waals surface area contributed by atoms with E-state index in [0.29, 0.717) is 0 Å². The van der Waals surface area contributed by atoms with Crippen molar-refractivity contribution >= 4 is 34.6 Å². The zero-order valence-corrected chi connectivity index (χ0v) is 4.95. The van der Waals surface area contributed by atoms with Crippen LogP contribution >= 0.6 is 22.4 Å². The molecule has 0 aromatic heterocycles. The van der Waals surface area contributed by atoms with Gasteiger partial charge in [-0.05, 0) is 0 Å². The Morgan fingerprint density at radius 3 is 2.00 bits per heavy atom. The SMILES string of the molecule is CBBI. The molecule has 0 aliphatic rings. The molecule has 0 spiro atoms. The summed E-state index contributed by atoms with van der Waals surface area (Å²) in [6, 6.07) is 0. The lowest BCUT2D eigenvalue weighted by Crippen LogP contribution is -1.81. The fourth-order valence-electron chi connectivity index (χ4n) is 0. The highest BCUT2D eigenvalue weighted by Gasteiger charge is 1.68. The van der Waals surface area contributed by atoms with Gasteiger partial charge in [0.05, 0.1) is 7.17 Å². The van der Waals surface area contributed by atoms with Crippen LogP contribution in [0.15, 0.2) is 0 Å². The molecule has 4 heavy (non-hydrogen) atoms. The fraction of sp³-hybridized carbons (Fsp3) is 1.00. The van der Waals surface area contributed by atoms with Crippen LogP contribution < -0.4 is 0 Å². The molecule has 0 unspecified atom stereocenters. The molecule has 0 rings (SSSR count). The Hall–Kier alpha value is 0.860. The average molecular weight is 166 g/mol. The van der Waals surface area contributed by atoms with Crippen molar-refractivity contribution in [3.63, 3.8) is 0 Å². The smallest absolute Gasteiger partial charge is 0.164 e. The molecule has 0 nitrogen and oxygen atoms in total. The zero-order valence-electron chi connectivity index (χ0n) is 2.79. The average Bonchev–Trinajstić information content (AvgIpc) is 1.37. The van der Waals surface area contributed by atoms with E-state index >= 15 is 0 Å². The van der Waals surface area contributed by atoms with Crippen LogP contribution in [0.5, 0.6) is 0 Å². The van der Waals surface area contributed by atoms with Crippen LogP contribution in [0.25, 0.3) is 0 Å². The van der Waals surface area contributed by atoms with Gasteiger partial charge in [0, 0.05) is 0 Å². The summed E-state index contributed by atoms with van der Waals surface area (Å²) < 4.78 is 0. The highest BCUT2D eigenvalue weighted by atomic mass is 127. The van der Waals surface area contributed by atoms with E-state index in [1.54, 1.807) is 0 Å². The minimum Gasteiger partial charge on any atom is -0.166 e. The Morgan fingerprint density at radius 1 is 1.75 bits per heavy atom. The van der Waals surface area contributed by atoms with E-state index in [2.05, 4.69) is 29.2 Å². The predicted molar refractivity (Wildman–Crippen MR) is 34.2 cm³/mol. The summed E-state index contributed by atoms with van der Waals surface area (Å²) in [6.45, 7) is 2.17. The standard InChI is InChI=1S/CH5B2I/c1-2-3-4/h2-3H,1H3. The lowest BCUT2D eigenvalue weighted by Gasteiger charge is -1.57. The van der Waals surface area contributed by atoms with Gasteiger partial charge in [-0.15, -0.1) is 0 Å². The third-order valence-corrected chi connectivity index (χ3v) is 1.27. The minimum atomic E-state index is 1.29. The summed E-state index contributed by atoms with van der Waals surface area (Å²) in [6.07, 6.45) is 0. The summed E-state index contributed by atoms with van der Waals surface area (Å²) >= 11 is 2.35. The first-order valence-electron chi connectivity index (χ1n) is 1.47.